The van der Waals surface area contributed by atoms with Gasteiger partial charge in [-0.3, -0.25) is 4.79 Å². The number of Topliss-reactive ketones (excluding diaryl/α,β-unsaturated/α-hetero) is 1. The average Bonchev–Trinajstić information content (AvgIpc) is 2.03. The first-order valence-electron chi connectivity index (χ1n) is 4.18. The van der Waals surface area contributed by atoms with Gasteiger partial charge in [-0.05, 0) is 13.3 Å². The molecule has 0 aliphatic heterocycles. The molecular weight excluding hydrogens is 140 g/mol. The van der Waals surface area contributed by atoms with Crippen LogP contribution in [-0.4, -0.2) is 19.5 Å². The Bertz CT molecular complexity index is 89.6. The second-order valence-corrected chi connectivity index (χ2v) is 2.29. The number of carbonyl (C=O) groups is 1. The van der Waals surface area contributed by atoms with Crippen LogP contribution in [0.25, 0.3) is 0 Å². The van der Waals surface area contributed by atoms with Crippen molar-refractivity contribution in [1.29, 1.82) is 0 Å². The highest BCUT2D eigenvalue weighted by Crippen LogP contribution is 2.01. The molecule has 1 unspecified atom stereocenters. The van der Waals surface area contributed by atoms with Crippen molar-refractivity contribution in [2.75, 3.05) is 13.7 Å². The third kappa shape index (κ3) is 9.63. The van der Waals surface area contributed by atoms with Crippen LogP contribution in [0.2, 0.25) is 0 Å². The quantitative estimate of drug-likeness (QED) is 0.630. The minimum absolute atomic E-state index is 0.157. The van der Waals surface area contributed by atoms with Gasteiger partial charge in [0.15, 0.2) is 0 Å². The molecule has 0 aliphatic rings. The van der Waals surface area contributed by atoms with E-state index in [1.54, 1.807) is 14.0 Å². The zero-order valence-corrected chi connectivity index (χ0v) is 8.31. The Hall–Kier alpha value is -0.370. The number of methoxy groups -OCH3 is 1. The lowest BCUT2D eigenvalue weighted by Gasteiger charge is -2.04. The van der Waals surface area contributed by atoms with E-state index in [0.29, 0.717) is 6.61 Å². The summed E-state index contributed by atoms with van der Waals surface area (Å²) in [5.41, 5.74) is 0. The van der Waals surface area contributed by atoms with E-state index in [4.69, 9.17) is 4.74 Å². The van der Waals surface area contributed by atoms with Crippen molar-refractivity contribution in [2.24, 2.45) is 5.92 Å². The topological polar surface area (TPSA) is 26.3 Å². The number of carbonyl (C=O) groups excluding carboxylic acids is 1. The van der Waals surface area contributed by atoms with Crippen LogP contribution in [0.3, 0.4) is 0 Å². The standard InChI is InChI=1S/C7H14O2.C2H6/c1-6(7(2)8)4-5-9-3;1-2/h6H,4-5H2,1-3H3;1-2H3. The molecule has 0 radical (unpaired) electrons. The van der Waals surface area contributed by atoms with Gasteiger partial charge in [-0.2, -0.15) is 0 Å². The van der Waals surface area contributed by atoms with Crippen molar-refractivity contribution in [3.05, 3.63) is 0 Å². The smallest absolute Gasteiger partial charge is 0.132 e. The van der Waals surface area contributed by atoms with E-state index in [1.165, 1.54) is 0 Å². The summed E-state index contributed by atoms with van der Waals surface area (Å²) in [6.45, 7) is 8.21. The molecule has 0 aromatic rings. The molecule has 0 saturated carbocycles. The van der Waals surface area contributed by atoms with E-state index in [0.717, 1.165) is 6.42 Å². The molecule has 0 fully saturated rings. The van der Waals surface area contributed by atoms with Crippen molar-refractivity contribution in [1.82, 2.24) is 0 Å². The lowest BCUT2D eigenvalue weighted by Crippen LogP contribution is -2.08. The highest BCUT2D eigenvalue weighted by molar-refractivity contribution is 5.77. The molecule has 0 heterocycles. The molecule has 0 amide bonds. The van der Waals surface area contributed by atoms with Crippen molar-refractivity contribution in [3.8, 4) is 0 Å². The number of ether oxygens (including phenoxy) is 1. The monoisotopic (exact) mass is 160 g/mol. The zero-order valence-electron chi connectivity index (χ0n) is 8.31. The fourth-order valence-electron chi connectivity index (χ4n) is 0.498. The highest BCUT2D eigenvalue weighted by Gasteiger charge is 2.05. The summed E-state index contributed by atoms with van der Waals surface area (Å²) in [7, 11) is 1.65. The van der Waals surface area contributed by atoms with Crippen molar-refractivity contribution < 1.29 is 9.53 Å². The predicted molar refractivity (Wildman–Crippen MR) is 47.7 cm³/mol. The largest absolute Gasteiger partial charge is 0.385 e. The number of ketones is 1. The van der Waals surface area contributed by atoms with Gasteiger partial charge in [0.05, 0.1) is 0 Å². The molecule has 0 bridgehead atoms. The number of hydrogen-bond acceptors (Lipinski definition) is 2. The van der Waals surface area contributed by atoms with E-state index < -0.39 is 0 Å². The first kappa shape index (κ1) is 13.2. The summed E-state index contributed by atoms with van der Waals surface area (Å²) in [6.07, 6.45) is 0.839. The van der Waals surface area contributed by atoms with Crippen molar-refractivity contribution >= 4 is 5.78 Å². The SMILES string of the molecule is CC.COCCC(C)C(C)=O. The first-order chi connectivity index (χ1) is 5.18. The normalized spacial score (nSPS) is 11.4. The third-order valence-electron chi connectivity index (χ3n) is 1.45. The van der Waals surface area contributed by atoms with Crippen LogP contribution < -0.4 is 0 Å². The Morgan fingerprint density at radius 2 is 1.91 bits per heavy atom. The second-order valence-electron chi connectivity index (χ2n) is 2.29. The van der Waals surface area contributed by atoms with Gasteiger partial charge < -0.3 is 4.74 Å². The Morgan fingerprint density at radius 1 is 1.45 bits per heavy atom. The molecule has 0 rings (SSSR count). The molecule has 2 nitrogen and oxygen atoms in total. The molecule has 68 valence electrons. The minimum Gasteiger partial charge on any atom is -0.385 e. The predicted octanol–water partition coefficient (Wildman–Crippen LogP) is 2.27. The van der Waals surface area contributed by atoms with Crippen LogP contribution in [0.1, 0.15) is 34.1 Å². The van der Waals surface area contributed by atoms with Crippen LogP contribution in [0.15, 0.2) is 0 Å². The van der Waals surface area contributed by atoms with E-state index in [-0.39, 0.29) is 11.7 Å². The van der Waals surface area contributed by atoms with E-state index in [1.807, 2.05) is 20.8 Å². The van der Waals surface area contributed by atoms with Crippen LogP contribution in [0, 0.1) is 5.92 Å². The summed E-state index contributed by atoms with van der Waals surface area (Å²) < 4.78 is 4.81. The maximum absolute atomic E-state index is 10.6. The van der Waals surface area contributed by atoms with E-state index in [2.05, 4.69) is 0 Å². The van der Waals surface area contributed by atoms with Gasteiger partial charge >= 0.3 is 0 Å². The lowest BCUT2D eigenvalue weighted by atomic mass is 10.1. The Morgan fingerprint density at radius 3 is 2.18 bits per heavy atom. The van der Waals surface area contributed by atoms with Gasteiger partial charge in [-0.15, -0.1) is 0 Å². The summed E-state index contributed by atoms with van der Waals surface area (Å²) in [5, 5.41) is 0. The molecular formula is C9H20O2. The van der Waals surface area contributed by atoms with E-state index >= 15 is 0 Å². The van der Waals surface area contributed by atoms with E-state index in [9.17, 15) is 4.79 Å². The Balaban J connectivity index is 0. The maximum Gasteiger partial charge on any atom is 0.132 e. The zero-order chi connectivity index (χ0) is 9.28. The van der Waals surface area contributed by atoms with Gasteiger partial charge in [-0.25, -0.2) is 0 Å². The van der Waals surface area contributed by atoms with Gasteiger partial charge in [0.1, 0.15) is 5.78 Å². The summed E-state index contributed by atoms with van der Waals surface area (Å²) in [4.78, 5) is 10.6. The summed E-state index contributed by atoms with van der Waals surface area (Å²) >= 11 is 0. The van der Waals surface area contributed by atoms with Crippen molar-refractivity contribution in [2.45, 2.75) is 34.1 Å². The van der Waals surface area contributed by atoms with Crippen LogP contribution >= 0.6 is 0 Å². The molecule has 0 N–H and O–H groups in total. The maximum atomic E-state index is 10.6. The molecule has 1 atom stereocenters. The van der Waals surface area contributed by atoms with Gasteiger partial charge in [0.2, 0.25) is 0 Å². The first-order valence-corrected chi connectivity index (χ1v) is 4.18. The molecule has 2 heteroatoms. The van der Waals surface area contributed by atoms with Gasteiger partial charge in [-0.1, -0.05) is 20.8 Å². The molecule has 0 aromatic carbocycles. The minimum atomic E-state index is 0.157. The van der Waals surface area contributed by atoms with Crippen LogP contribution in [0.5, 0.6) is 0 Å². The van der Waals surface area contributed by atoms with Crippen LogP contribution in [-0.2, 0) is 9.53 Å². The Labute approximate surface area is 69.9 Å². The molecule has 11 heavy (non-hydrogen) atoms. The molecule has 0 aromatic heterocycles. The number of rotatable bonds is 4. The molecule has 0 saturated heterocycles. The fraction of sp³-hybridized carbons (Fsp3) is 0.889. The highest BCUT2D eigenvalue weighted by atomic mass is 16.5. The van der Waals surface area contributed by atoms with Gasteiger partial charge in [0, 0.05) is 19.6 Å². The van der Waals surface area contributed by atoms with Crippen molar-refractivity contribution in [3.63, 3.8) is 0 Å². The molecule has 0 spiro atoms. The second kappa shape index (κ2) is 9.63. The molecule has 0 aliphatic carbocycles. The summed E-state index contributed by atoms with van der Waals surface area (Å²) in [6, 6.07) is 0. The lowest BCUT2D eigenvalue weighted by molar-refractivity contribution is -0.120. The summed E-state index contributed by atoms with van der Waals surface area (Å²) in [5.74, 6) is 0.400. The number of hydrogen-bond donors (Lipinski definition) is 0. The van der Waals surface area contributed by atoms with Gasteiger partial charge in [0.25, 0.3) is 0 Å². The fourth-order valence-corrected chi connectivity index (χ4v) is 0.498. The third-order valence-corrected chi connectivity index (χ3v) is 1.45. The van der Waals surface area contributed by atoms with Crippen LogP contribution in [0.4, 0.5) is 0 Å². The Kier molecular flexibility index (Phi) is 11.6. The average molecular weight is 160 g/mol.